The van der Waals surface area contributed by atoms with E-state index in [0.29, 0.717) is 5.69 Å². The Hall–Kier alpha value is -1.20. The molecule has 0 atom stereocenters. The topological polar surface area (TPSA) is 50.2 Å². The average molecular weight is 225 g/mol. The molecule has 0 saturated heterocycles. The van der Waals surface area contributed by atoms with Crippen molar-refractivity contribution in [2.75, 3.05) is 0 Å². The second kappa shape index (κ2) is 3.89. The highest BCUT2D eigenvalue weighted by Gasteiger charge is 2.07. The van der Waals surface area contributed by atoms with E-state index in [1.54, 1.807) is 16.7 Å². The van der Waals surface area contributed by atoms with Crippen LogP contribution in [0.25, 0.3) is 9.88 Å². The molecule has 2 aromatic heterocycles. The second-order valence-electron chi connectivity index (χ2n) is 2.69. The van der Waals surface area contributed by atoms with Crippen LogP contribution in [0, 0.1) is 0 Å². The van der Waals surface area contributed by atoms with Gasteiger partial charge in [-0.3, -0.25) is 4.79 Å². The van der Waals surface area contributed by atoms with Crippen LogP contribution in [0.15, 0.2) is 22.9 Å². The summed E-state index contributed by atoms with van der Waals surface area (Å²) in [5.74, 6) is -0.840. The average Bonchev–Trinajstić information content (AvgIpc) is 2.69. The van der Waals surface area contributed by atoms with Gasteiger partial charge in [0, 0.05) is 5.38 Å². The SMILES string of the molecule is O=C(O)Cc1csc(-c2cccs2)n1. The van der Waals surface area contributed by atoms with Crippen molar-refractivity contribution in [2.24, 2.45) is 0 Å². The quantitative estimate of drug-likeness (QED) is 0.873. The predicted molar refractivity (Wildman–Crippen MR) is 56.8 cm³/mol. The van der Waals surface area contributed by atoms with Crippen LogP contribution >= 0.6 is 22.7 Å². The van der Waals surface area contributed by atoms with E-state index in [2.05, 4.69) is 4.98 Å². The maximum atomic E-state index is 10.4. The van der Waals surface area contributed by atoms with Gasteiger partial charge in [0.25, 0.3) is 0 Å². The number of aliphatic carboxylic acids is 1. The summed E-state index contributed by atoms with van der Waals surface area (Å²) in [5, 5.41) is 13.2. The number of thiazole rings is 1. The Kier molecular flexibility index (Phi) is 2.60. The van der Waals surface area contributed by atoms with Gasteiger partial charge in [0.2, 0.25) is 0 Å². The molecule has 3 nitrogen and oxygen atoms in total. The maximum Gasteiger partial charge on any atom is 0.309 e. The number of carboxylic acid groups (broad SMARTS) is 1. The minimum atomic E-state index is -0.840. The van der Waals surface area contributed by atoms with Crippen LogP contribution < -0.4 is 0 Å². The summed E-state index contributed by atoms with van der Waals surface area (Å²) in [6.45, 7) is 0. The largest absolute Gasteiger partial charge is 0.481 e. The van der Waals surface area contributed by atoms with Crippen LogP contribution in [0.4, 0.5) is 0 Å². The maximum absolute atomic E-state index is 10.4. The van der Waals surface area contributed by atoms with E-state index in [0.717, 1.165) is 9.88 Å². The summed E-state index contributed by atoms with van der Waals surface area (Å²) in [4.78, 5) is 15.8. The van der Waals surface area contributed by atoms with Crippen molar-refractivity contribution in [2.45, 2.75) is 6.42 Å². The van der Waals surface area contributed by atoms with Crippen LogP contribution in [-0.4, -0.2) is 16.1 Å². The number of thiophene rings is 1. The lowest BCUT2D eigenvalue weighted by Gasteiger charge is -1.88. The van der Waals surface area contributed by atoms with Crippen molar-refractivity contribution < 1.29 is 9.90 Å². The summed E-state index contributed by atoms with van der Waals surface area (Å²) >= 11 is 3.09. The van der Waals surface area contributed by atoms with E-state index >= 15 is 0 Å². The van der Waals surface area contributed by atoms with Gasteiger partial charge in [-0.25, -0.2) is 4.98 Å². The fraction of sp³-hybridized carbons (Fsp3) is 0.111. The monoisotopic (exact) mass is 225 g/mol. The van der Waals surface area contributed by atoms with Crippen LogP contribution in [0.5, 0.6) is 0 Å². The third kappa shape index (κ3) is 2.00. The molecule has 0 saturated carbocycles. The van der Waals surface area contributed by atoms with Gasteiger partial charge >= 0.3 is 5.97 Å². The van der Waals surface area contributed by atoms with Gasteiger partial charge in [0.15, 0.2) is 0 Å². The highest BCUT2D eigenvalue weighted by molar-refractivity contribution is 7.20. The number of hydrogen-bond acceptors (Lipinski definition) is 4. The third-order valence-electron chi connectivity index (χ3n) is 1.62. The molecule has 2 aromatic rings. The highest BCUT2D eigenvalue weighted by Crippen LogP contribution is 2.27. The van der Waals surface area contributed by atoms with Crippen molar-refractivity contribution in [1.82, 2.24) is 4.98 Å². The smallest absolute Gasteiger partial charge is 0.309 e. The zero-order valence-electron chi connectivity index (χ0n) is 7.14. The first-order valence-electron chi connectivity index (χ1n) is 3.96. The van der Waals surface area contributed by atoms with Crippen molar-refractivity contribution >= 4 is 28.6 Å². The summed E-state index contributed by atoms with van der Waals surface area (Å²) in [6, 6.07) is 3.94. The van der Waals surface area contributed by atoms with Gasteiger partial charge in [0.1, 0.15) is 5.01 Å². The van der Waals surface area contributed by atoms with Crippen molar-refractivity contribution in [3.05, 3.63) is 28.6 Å². The number of carboxylic acids is 1. The van der Waals surface area contributed by atoms with Crippen LogP contribution in [0.1, 0.15) is 5.69 Å². The Morgan fingerprint density at radius 1 is 1.50 bits per heavy atom. The first kappa shape index (κ1) is 9.36. The van der Waals surface area contributed by atoms with E-state index < -0.39 is 5.97 Å². The normalized spacial score (nSPS) is 10.3. The first-order chi connectivity index (χ1) is 6.75. The molecule has 0 aromatic carbocycles. The Morgan fingerprint density at radius 3 is 3.00 bits per heavy atom. The molecule has 0 aliphatic rings. The van der Waals surface area contributed by atoms with Crippen molar-refractivity contribution in [1.29, 1.82) is 0 Å². The Labute approximate surface area is 88.7 Å². The summed E-state index contributed by atoms with van der Waals surface area (Å²) in [6.07, 6.45) is 0.00186. The molecule has 0 unspecified atom stereocenters. The molecule has 5 heteroatoms. The van der Waals surface area contributed by atoms with Gasteiger partial charge in [-0.15, -0.1) is 22.7 Å². The molecule has 0 aliphatic heterocycles. The zero-order valence-corrected chi connectivity index (χ0v) is 8.77. The molecular formula is C9H7NO2S2. The van der Waals surface area contributed by atoms with Gasteiger partial charge < -0.3 is 5.11 Å². The second-order valence-corrected chi connectivity index (χ2v) is 4.50. The lowest BCUT2D eigenvalue weighted by molar-refractivity contribution is -0.136. The number of carbonyl (C=O) groups is 1. The first-order valence-corrected chi connectivity index (χ1v) is 5.72. The molecule has 2 heterocycles. The van der Waals surface area contributed by atoms with Gasteiger partial charge in [-0.1, -0.05) is 6.07 Å². The van der Waals surface area contributed by atoms with Crippen LogP contribution in [0.2, 0.25) is 0 Å². The minimum absolute atomic E-state index is 0.00186. The lowest BCUT2D eigenvalue weighted by atomic mass is 10.3. The summed E-state index contributed by atoms with van der Waals surface area (Å²) in [5.41, 5.74) is 0.630. The van der Waals surface area contributed by atoms with E-state index in [1.165, 1.54) is 11.3 Å². The molecule has 0 aliphatic carbocycles. The third-order valence-corrected chi connectivity index (χ3v) is 3.55. The van der Waals surface area contributed by atoms with E-state index in [4.69, 9.17) is 5.11 Å². The van der Waals surface area contributed by atoms with E-state index in [1.807, 2.05) is 17.5 Å². The molecule has 0 fully saturated rings. The fourth-order valence-electron chi connectivity index (χ4n) is 1.06. The van der Waals surface area contributed by atoms with Crippen molar-refractivity contribution in [3.8, 4) is 9.88 Å². The summed E-state index contributed by atoms with van der Waals surface area (Å²) in [7, 11) is 0. The Bertz CT molecular complexity index is 433. The van der Waals surface area contributed by atoms with E-state index in [9.17, 15) is 4.79 Å². The molecule has 0 spiro atoms. The van der Waals surface area contributed by atoms with Gasteiger partial charge in [-0.05, 0) is 11.4 Å². The summed E-state index contributed by atoms with van der Waals surface area (Å²) < 4.78 is 0. The zero-order chi connectivity index (χ0) is 9.97. The highest BCUT2D eigenvalue weighted by atomic mass is 32.1. The molecular weight excluding hydrogens is 218 g/mol. The molecule has 1 N–H and O–H groups in total. The Morgan fingerprint density at radius 2 is 2.36 bits per heavy atom. The molecule has 14 heavy (non-hydrogen) atoms. The predicted octanol–water partition coefficient (Wildman–Crippen LogP) is 2.50. The van der Waals surface area contributed by atoms with E-state index in [-0.39, 0.29) is 6.42 Å². The Balaban J connectivity index is 2.22. The lowest BCUT2D eigenvalue weighted by Crippen LogP contribution is -1.99. The molecule has 0 amide bonds. The van der Waals surface area contributed by atoms with Gasteiger partial charge in [-0.2, -0.15) is 0 Å². The molecule has 0 bridgehead atoms. The molecule has 72 valence electrons. The van der Waals surface area contributed by atoms with Gasteiger partial charge in [0.05, 0.1) is 17.0 Å². The minimum Gasteiger partial charge on any atom is -0.481 e. The molecule has 2 rings (SSSR count). The number of nitrogens with zero attached hydrogens (tertiary/aromatic N) is 1. The van der Waals surface area contributed by atoms with Crippen LogP contribution in [0.3, 0.4) is 0 Å². The number of rotatable bonds is 3. The number of hydrogen-bond donors (Lipinski definition) is 1. The van der Waals surface area contributed by atoms with Crippen LogP contribution in [-0.2, 0) is 11.2 Å². The number of aromatic nitrogens is 1. The standard InChI is InChI=1S/C9H7NO2S2/c11-8(12)4-6-5-14-9(10-6)7-2-1-3-13-7/h1-3,5H,4H2,(H,11,12). The molecule has 0 radical (unpaired) electrons. The van der Waals surface area contributed by atoms with Crippen molar-refractivity contribution in [3.63, 3.8) is 0 Å². The fourth-order valence-corrected chi connectivity index (χ4v) is 2.69.